The molecular weight excluding hydrogens is 346 g/mol. The maximum Gasteiger partial charge on any atom is 0.264 e. The number of likely N-dealkylation sites (N-methyl/N-ethyl adjacent to an activating group) is 1. The highest BCUT2D eigenvalue weighted by atomic mass is 32.1. The maximum atomic E-state index is 12.2. The molecule has 1 aromatic carbocycles. The molecule has 0 saturated carbocycles. The highest BCUT2D eigenvalue weighted by molar-refractivity contribution is 7.12. The second-order valence-electron chi connectivity index (χ2n) is 6.67. The van der Waals surface area contributed by atoms with Crippen molar-refractivity contribution in [2.75, 3.05) is 26.7 Å². The van der Waals surface area contributed by atoms with Gasteiger partial charge in [-0.1, -0.05) is 30.3 Å². The van der Waals surface area contributed by atoms with Gasteiger partial charge in [0.2, 0.25) is 5.91 Å². The normalized spacial score (nSPS) is 14.3. The Bertz CT molecular complexity index is 739. The summed E-state index contributed by atoms with van der Waals surface area (Å²) in [5.74, 6) is -0.266. The zero-order valence-corrected chi connectivity index (χ0v) is 15.9. The molecule has 0 atom stereocenters. The van der Waals surface area contributed by atoms with Crippen molar-refractivity contribution >= 4 is 23.2 Å². The summed E-state index contributed by atoms with van der Waals surface area (Å²) in [4.78, 5) is 29.0. The quantitative estimate of drug-likeness (QED) is 0.814. The first kappa shape index (κ1) is 18.6. The number of carbonyl (C=O) groups is 2. The molecule has 1 aromatic heterocycles. The molecule has 2 aromatic rings. The number of nitrogens with zero attached hydrogens (tertiary/aromatic N) is 2. The Morgan fingerprint density at radius 3 is 2.54 bits per heavy atom. The van der Waals surface area contributed by atoms with Crippen LogP contribution in [0.2, 0.25) is 0 Å². The number of rotatable bonds is 7. The number of thiophene rings is 1. The molecule has 1 aliphatic rings. The van der Waals surface area contributed by atoms with E-state index in [-0.39, 0.29) is 18.4 Å². The van der Waals surface area contributed by atoms with Gasteiger partial charge >= 0.3 is 0 Å². The Morgan fingerprint density at radius 1 is 1.12 bits per heavy atom. The minimum absolute atomic E-state index is 0.0605. The Morgan fingerprint density at radius 2 is 1.85 bits per heavy atom. The minimum atomic E-state index is -0.145. The van der Waals surface area contributed by atoms with Crippen molar-refractivity contribution < 1.29 is 9.59 Å². The SMILES string of the molecule is CN(CC(=O)NCc1ccccc1CN1CCCC1)C(=O)c1cccs1. The molecular formula is C20H25N3O2S. The summed E-state index contributed by atoms with van der Waals surface area (Å²) >= 11 is 1.39. The van der Waals surface area contributed by atoms with Gasteiger partial charge in [0.1, 0.15) is 0 Å². The Labute approximate surface area is 158 Å². The van der Waals surface area contributed by atoms with Crippen LogP contribution in [0.5, 0.6) is 0 Å². The van der Waals surface area contributed by atoms with Crippen molar-refractivity contribution in [3.8, 4) is 0 Å². The van der Waals surface area contributed by atoms with Gasteiger partial charge in [-0.25, -0.2) is 0 Å². The fourth-order valence-electron chi connectivity index (χ4n) is 3.19. The van der Waals surface area contributed by atoms with Crippen molar-refractivity contribution in [2.24, 2.45) is 0 Å². The summed E-state index contributed by atoms with van der Waals surface area (Å²) in [6.45, 7) is 3.78. The first-order chi connectivity index (χ1) is 12.6. The lowest BCUT2D eigenvalue weighted by atomic mass is 10.1. The third-order valence-electron chi connectivity index (χ3n) is 4.65. The van der Waals surface area contributed by atoms with Gasteiger partial charge in [-0.05, 0) is 48.5 Å². The number of likely N-dealkylation sites (tertiary alicyclic amines) is 1. The second kappa shape index (κ2) is 8.96. The van der Waals surface area contributed by atoms with E-state index in [1.165, 1.54) is 34.6 Å². The standard InChI is InChI=1S/C20H25N3O2S/c1-22(20(25)18-9-6-12-26-18)15-19(24)21-13-16-7-2-3-8-17(16)14-23-10-4-5-11-23/h2-3,6-9,12H,4-5,10-11,13-15H2,1H3,(H,21,24). The number of nitrogens with one attached hydrogen (secondary N) is 1. The van der Waals surface area contributed by atoms with E-state index in [9.17, 15) is 9.59 Å². The van der Waals surface area contributed by atoms with E-state index in [2.05, 4.69) is 22.3 Å². The lowest BCUT2D eigenvalue weighted by Gasteiger charge is -2.19. The summed E-state index contributed by atoms with van der Waals surface area (Å²) in [5.41, 5.74) is 2.40. The molecule has 0 unspecified atom stereocenters. The third-order valence-corrected chi connectivity index (χ3v) is 5.50. The van der Waals surface area contributed by atoms with Crippen molar-refractivity contribution in [1.29, 1.82) is 0 Å². The van der Waals surface area contributed by atoms with Crippen LogP contribution in [0.1, 0.15) is 33.6 Å². The minimum Gasteiger partial charge on any atom is -0.350 e. The average molecular weight is 372 g/mol. The van der Waals surface area contributed by atoms with Crippen LogP contribution in [-0.2, 0) is 17.9 Å². The van der Waals surface area contributed by atoms with Crippen LogP contribution >= 0.6 is 11.3 Å². The smallest absolute Gasteiger partial charge is 0.264 e. The second-order valence-corrected chi connectivity index (χ2v) is 7.61. The number of hydrogen-bond donors (Lipinski definition) is 1. The highest BCUT2D eigenvalue weighted by Crippen LogP contribution is 2.16. The summed E-state index contributed by atoms with van der Waals surface area (Å²) in [6.07, 6.45) is 2.53. The molecule has 6 heteroatoms. The number of carbonyl (C=O) groups excluding carboxylic acids is 2. The summed E-state index contributed by atoms with van der Waals surface area (Å²) < 4.78 is 0. The van der Waals surface area contributed by atoms with Crippen molar-refractivity contribution in [2.45, 2.75) is 25.9 Å². The van der Waals surface area contributed by atoms with Crippen LogP contribution in [0.3, 0.4) is 0 Å². The van der Waals surface area contributed by atoms with Crippen LogP contribution in [0.4, 0.5) is 0 Å². The van der Waals surface area contributed by atoms with E-state index in [4.69, 9.17) is 0 Å². The molecule has 0 spiro atoms. The lowest BCUT2D eigenvalue weighted by molar-refractivity contribution is -0.121. The predicted molar refractivity (Wildman–Crippen MR) is 104 cm³/mol. The third kappa shape index (κ3) is 4.93. The summed E-state index contributed by atoms with van der Waals surface area (Å²) in [5, 5.41) is 4.81. The molecule has 2 heterocycles. The van der Waals surface area contributed by atoms with Crippen molar-refractivity contribution in [3.05, 3.63) is 57.8 Å². The zero-order valence-electron chi connectivity index (χ0n) is 15.1. The topological polar surface area (TPSA) is 52.7 Å². The van der Waals surface area contributed by atoms with E-state index >= 15 is 0 Å². The van der Waals surface area contributed by atoms with Gasteiger partial charge in [0.15, 0.2) is 0 Å². The molecule has 0 aliphatic carbocycles. The Balaban J connectivity index is 1.52. The monoisotopic (exact) mass is 371 g/mol. The van der Waals surface area contributed by atoms with Crippen LogP contribution in [0, 0.1) is 0 Å². The van der Waals surface area contributed by atoms with E-state index in [1.807, 2.05) is 23.6 Å². The fourth-order valence-corrected chi connectivity index (χ4v) is 3.91. The van der Waals surface area contributed by atoms with Crippen LogP contribution in [0.25, 0.3) is 0 Å². The van der Waals surface area contributed by atoms with E-state index in [0.29, 0.717) is 11.4 Å². The van der Waals surface area contributed by atoms with Crippen molar-refractivity contribution in [3.63, 3.8) is 0 Å². The summed E-state index contributed by atoms with van der Waals surface area (Å²) in [7, 11) is 1.66. The van der Waals surface area contributed by atoms with Gasteiger partial charge in [0.25, 0.3) is 5.91 Å². The lowest BCUT2D eigenvalue weighted by Crippen LogP contribution is -2.38. The van der Waals surface area contributed by atoms with Gasteiger partial charge in [0, 0.05) is 20.1 Å². The number of benzene rings is 1. The maximum absolute atomic E-state index is 12.2. The van der Waals surface area contributed by atoms with Crippen LogP contribution < -0.4 is 5.32 Å². The first-order valence-corrected chi connectivity index (χ1v) is 9.86. The summed E-state index contributed by atoms with van der Waals surface area (Å²) in [6, 6.07) is 11.9. The van der Waals surface area contributed by atoms with E-state index in [1.54, 1.807) is 13.1 Å². The molecule has 138 valence electrons. The molecule has 26 heavy (non-hydrogen) atoms. The number of amides is 2. The molecule has 1 fully saturated rings. The molecule has 1 N–H and O–H groups in total. The van der Waals surface area contributed by atoms with Crippen LogP contribution in [0.15, 0.2) is 41.8 Å². The molecule has 1 saturated heterocycles. The van der Waals surface area contributed by atoms with Gasteiger partial charge in [-0.2, -0.15) is 0 Å². The largest absolute Gasteiger partial charge is 0.350 e. The highest BCUT2D eigenvalue weighted by Gasteiger charge is 2.16. The van der Waals surface area contributed by atoms with E-state index in [0.717, 1.165) is 25.2 Å². The van der Waals surface area contributed by atoms with Gasteiger partial charge in [-0.3, -0.25) is 14.5 Å². The molecule has 2 amide bonds. The van der Waals surface area contributed by atoms with Crippen molar-refractivity contribution in [1.82, 2.24) is 15.1 Å². The Hall–Kier alpha value is -2.18. The molecule has 1 aliphatic heterocycles. The van der Waals surface area contributed by atoms with E-state index < -0.39 is 0 Å². The molecule has 0 bridgehead atoms. The molecule has 5 nitrogen and oxygen atoms in total. The molecule has 3 rings (SSSR count). The number of hydrogen-bond acceptors (Lipinski definition) is 4. The van der Waals surface area contributed by atoms with Gasteiger partial charge in [-0.15, -0.1) is 11.3 Å². The Kier molecular flexibility index (Phi) is 6.41. The molecule has 0 radical (unpaired) electrons. The fraction of sp³-hybridized carbons (Fsp3) is 0.400. The van der Waals surface area contributed by atoms with Gasteiger partial charge in [0.05, 0.1) is 11.4 Å². The predicted octanol–water partition coefficient (Wildman–Crippen LogP) is 2.73. The van der Waals surface area contributed by atoms with Gasteiger partial charge < -0.3 is 10.2 Å². The zero-order chi connectivity index (χ0) is 18.4. The average Bonchev–Trinajstić information content (AvgIpc) is 3.34. The first-order valence-electron chi connectivity index (χ1n) is 8.98. The van der Waals surface area contributed by atoms with Crippen LogP contribution in [-0.4, -0.2) is 48.3 Å².